The normalized spacial score (nSPS) is 11.0. The Hall–Kier alpha value is -0.620. The average Bonchev–Trinajstić information content (AvgIpc) is 1.59. The molecule has 0 aromatic rings. The van der Waals surface area contributed by atoms with Gasteiger partial charge in [-0.05, 0) is 0 Å². The van der Waals surface area contributed by atoms with Crippen LogP contribution >= 0.6 is 7.75 Å². The molecule has 0 heterocycles. The Labute approximate surface area is 55.8 Å². The molecule has 0 rings (SSSR count). The number of hydrogen-bond acceptors (Lipinski definition) is 3. The topological polar surface area (TPSA) is 116 Å². The van der Waals surface area contributed by atoms with Crippen LogP contribution in [0.5, 0.6) is 0 Å². The summed E-state index contributed by atoms with van der Waals surface area (Å²) >= 11 is 0. The summed E-state index contributed by atoms with van der Waals surface area (Å²) < 4.78 is 13.7. The van der Waals surface area contributed by atoms with E-state index >= 15 is 0 Å². The highest BCUT2D eigenvalue weighted by Gasteiger charge is 2.11. The molecular formula is C2H6NO6P. The summed E-state index contributed by atoms with van der Waals surface area (Å²) in [4.78, 5) is 25.7. The minimum absolute atomic E-state index is 0.723. The summed E-state index contributed by atoms with van der Waals surface area (Å²) in [6.45, 7) is -0.723. The van der Waals surface area contributed by atoms with Gasteiger partial charge in [0.2, 0.25) is 0 Å². The van der Waals surface area contributed by atoms with Gasteiger partial charge in [-0.25, -0.2) is 9.36 Å². The van der Waals surface area contributed by atoms with Crippen molar-refractivity contribution in [1.29, 1.82) is 0 Å². The Morgan fingerprint density at radius 2 is 2.10 bits per heavy atom. The quantitative estimate of drug-likeness (QED) is 0.252. The molecule has 0 amide bonds. The number of nitrogens with one attached hydrogen (secondary N) is 1. The van der Waals surface area contributed by atoms with Crippen molar-refractivity contribution >= 4 is 13.9 Å². The Bertz CT molecular complexity index is 161. The van der Waals surface area contributed by atoms with Gasteiger partial charge in [-0.15, -0.1) is 0 Å². The standard InChI is InChI=1S/C2H6NO6P/c4-2(5)9-1-3-10(6,7)8/h1H2,(H,4,5)(H3,3,6,7,8). The molecule has 0 aliphatic rings. The maximum absolute atomic E-state index is 9.92. The lowest BCUT2D eigenvalue weighted by Crippen LogP contribution is -2.16. The van der Waals surface area contributed by atoms with Crippen LogP contribution in [0.15, 0.2) is 0 Å². The summed E-state index contributed by atoms with van der Waals surface area (Å²) in [5, 5.41) is 9.31. The van der Waals surface area contributed by atoms with Crippen LogP contribution in [0.2, 0.25) is 0 Å². The molecule has 0 saturated carbocycles. The molecule has 0 spiro atoms. The van der Waals surface area contributed by atoms with Gasteiger partial charge in [0.25, 0.3) is 0 Å². The maximum Gasteiger partial charge on any atom is 0.507 e. The molecule has 0 atom stereocenters. The lowest BCUT2D eigenvalue weighted by atomic mass is 11.2. The number of ether oxygens (including phenoxy) is 1. The summed E-state index contributed by atoms with van der Waals surface area (Å²) in [5.41, 5.74) is 0. The zero-order valence-corrected chi connectivity index (χ0v) is 5.62. The van der Waals surface area contributed by atoms with Crippen LogP contribution in [0, 0.1) is 0 Å². The minimum Gasteiger partial charge on any atom is -0.450 e. The summed E-state index contributed by atoms with van der Waals surface area (Å²) in [7, 11) is -4.36. The second-order valence-electron chi connectivity index (χ2n) is 1.26. The van der Waals surface area contributed by atoms with E-state index < -0.39 is 20.6 Å². The average molecular weight is 171 g/mol. The molecule has 0 bridgehead atoms. The molecule has 0 radical (unpaired) electrons. The molecule has 10 heavy (non-hydrogen) atoms. The second-order valence-corrected chi connectivity index (χ2v) is 2.66. The first kappa shape index (κ1) is 9.38. The fourth-order valence-corrected chi connectivity index (χ4v) is 0.411. The molecule has 0 aromatic carbocycles. The summed E-state index contributed by atoms with van der Waals surface area (Å²) in [5.74, 6) is 0. The number of carbonyl (C=O) groups is 1. The van der Waals surface area contributed by atoms with E-state index in [1.165, 1.54) is 5.09 Å². The predicted molar refractivity (Wildman–Crippen MR) is 29.2 cm³/mol. The highest BCUT2D eigenvalue weighted by atomic mass is 31.2. The maximum atomic E-state index is 9.92. The summed E-state index contributed by atoms with van der Waals surface area (Å²) in [6.07, 6.45) is -1.60. The SMILES string of the molecule is O=C(O)OCNP(=O)(O)O. The molecule has 0 fully saturated rings. The van der Waals surface area contributed by atoms with E-state index in [0.29, 0.717) is 0 Å². The van der Waals surface area contributed by atoms with E-state index in [2.05, 4.69) is 4.74 Å². The zero-order valence-electron chi connectivity index (χ0n) is 4.72. The second kappa shape index (κ2) is 3.52. The molecule has 0 aliphatic carbocycles. The van der Waals surface area contributed by atoms with Crippen molar-refractivity contribution in [2.75, 3.05) is 6.73 Å². The van der Waals surface area contributed by atoms with Crippen LogP contribution < -0.4 is 5.09 Å². The van der Waals surface area contributed by atoms with Crippen molar-refractivity contribution in [2.24, 2.45) is 0 Å². The van der Waals surface area contributed by atoms with E-state index in [1.807, 2.05) is 0 Å². The van der Waals surface area contributed by atoms with Gasteiger partial charge in [-0.1, -0.05) is 0 Å². The lowest BCUT2D eigenvalue weighted by molar-refractivity contribution is 0.0884. The van der Waals surface area contributed by atoms with Gasteiger partial charge in [-0.2, -0.15) is 5.09 Å². The Balaban J connectivity index is 3.39. The minimum atomic E-state index is -4.36. The number of hydrogen-bond donors (Lipinski definition) is 4. The van der Waals surface area contributed by atoms with Gasteiger partial charge in [-0.3, -0.25) is 0 Å². The molecule has 0 aliphatic heterocycles. The molecule has 4 N–H and O–H groups in total. The van der Waals surface area contributed by atoms with Gasteiger partial charge >= 0.3 is 13.9 Å². The van der Waals surface area contributed by atoms with Gasteiger partial charge in [0.15, 0.2) is 6.73 Å². The third kappa shape index (κ3) is 7.38. The third-order valence-electron chi connectivity index (χ3n) is 0.466. The van der Waals surface area contributed by atoms with Crippen molar-refractivity contribution in [1.82, 2.24) is 5.09 Å². The van der Waals surface area contributed by atoms with Crippen LogP contribution in [0.25, 0.3) is 0 Å². The van der Waals surface area contributed by atoms with Crippen molar-refractivity contribution in [3.05, 3.63) is 0 Å². The van der Waals surface area contributed by atoms with Crippen LogP contribution in [-0.4, -0.2) is 27.8 Å². The largest absolute Gasteiger partial charge is 0.507 e. The Morgan fingerprint density at radius 3 is 2.40 bits per heavy atom. The van der Waals surface area contributed by atoms with Crippen molar-refractivity contribution in [2.45, 2.75) is 0 Å². The molecule has 0 unspecified atom stereocenters. The zero-order chi connectivity index (χ0) is 8.20. The third-order valence-corrected chi connectivity index (χ3v) is 1.01. The highest BCUT2D eigenvalue weighted by Crippen LogP contribution is 2.27. The highest BCUT2D eigenvalue weighted by molar-refractivity contribution is 7.49. The fraction of sp³-hybridized carbons (Fsp3) is 0.500. The first-order chi connectivity index (χ1) is 4.42. The first-order valence-electron chi connectivity index (χ1n) is 2.08. The first-order valence-corrected chi connectivity index (χ1v) is 3.69. The molecule has 8 heteroatoms. The Morgan fingerprint density at radius 1 is 1.60 bits per heavy atom. The van der Waals surface area contributed by atoms with Gasteiger partial charge < -0.3 is 19.6 Å². The predicted octanol–water partition coefficient (Wildman–Crippen LogP) is -0.679. The molecule has 7 nitrogen and oxygen atoms in total. The lowest BCUT2D eigenvalue weighted by Gasteiger charge is -2.03. The Kier molecular flexibility index (Phi) is 3.31. The van der Waals surface area contributed by atoms with Crippen LogP contribution in [0.3, 0.4) is 0 Å². The van der Waals surface area contributed by atoms with E-state index in [0.717, 1.165) is 0 Å². The van der Waals surface area contributed by atoms with E-state index in [1.54, 1.807) is 0 Å². The molecular weight excluding hydrogens is 165 g/mol. The summed E-state index contributed by atoms with van der Waals surface area (Å²) in [6, 6.07) is 0. The molecule has 60 valence electrons. The molecule has 0 aromatic heterocycles. The van der Waals surface area contributed by atoms with E-state index in [9.17, 15) is 9.36 Å². The van der Waals surface area contributed by atoms with Gasteiger partial charge in [0.05, 0.1) is 0 Å². The van der Waals surface area contributed by atoms with Crippen LogP contribution in [-0.2, 0) is 9.30 Å². The van der Waals surface area contributed by atoms with Crippen molar-refractivity contribution in [3.63, 3.8) is 0 Å². The monoisotopic (exact) mass is 171 g/mol. The van der Waals surface area contributed by atoms with Gasteiger partial charge in [0, 0.05) is 0 Å². The van der Waals surface area contributed by atoms with Crippen LogP contribution in [0.1, 0.15) is 0 Å². The smallest absolute Gasteiger partial charge is 0.450 e. The van der Waals surface area contributed by atoms with Crippen molar-refractivity contribution < 1.29 is 29.0 Å². The van der Waals surface area contributed by atoms with Crippen LogP contribution in [0.4, 0.5) is 4.79 Å². The van der Waals surface area contributed by atoms with Crippen molar-refractivity contribution in [3.8, 4) is 0 Å². The van der Waals surface area contributed by atoms with Gasteiger partial charge in [0.1, 0.15) is 0 Å². The number of rotatable bonds is 3. The number of carboxylic acid groups (broad SMARTS) is 1. The molecule has 0 saturated heterocycles. The van der Waals surface area contributed by atoms with E-state index in [4.69, 9.17) is 14.9 Å². The fourth-order valence-electron chi connectivity index (χ4n) is 0.178. The van der Waals surface area contributed by atoms with E-state index in [-0.39, 0.29) is 0 Å².